The van der Waals surface area contributed by atoms with E-state index < -0.39 is 15.8 Å². The third-order valence-corrected chi connectivity index (χ3v) is 5.83. The summed E-state index contributed by atoms with van der Waals surface area (Å²) in [5.74, 6) is -0.664. The minimum Gasteiger partial charge on any atom is -0.352 e. The lowest BCUT2D eigenvalue weighted by Gasteiger charge is -2.18. The second-order valence-corrected chi connectivity index (χ2v) is 8.01. The molecule has 0 aliphatic carbocycles. The van der Waals surface area contributed by atoms with Crippen molar-refractivity contribution in [3.8, 4) is 0 Å². The van der Waals surface area contributed by atoms with Crippen molar-refractivity contribution in [2.24, 2.45) is 0 Å². The predicted molar refractivity (Wildman–Crippen MR) is 80.1 cm³/mol. The van der Waals surface area contributed by atoms with Gasteiger partial charge in [-0.1, -0.05) is 29.3 Å². The molecule has 2 atom stereocenters. The lowest BCUT2D eigenvalue weighted by atomic mass is 9.99. The maximum atomic E-state index is 12.2. The second-order valence-electron chi connectivity index (χ2n) is 4.97. The van der Waals surface area contributed by atoms with Crippen LogP contribution >= 0.6 is 23.2 Å². The second kappa shape index (κ2) is 5.92. The quantitative estimate of drug-likeness (QED) is 0.922. The van der Waals surface area contributed by atoms with Gasteiger partial charge < -0.3 is 5.32 Å². The van der Waals surface area contributed by atoms with Gasteiger partial charge in [0.05, 0.1) is 17.4 Å². The minimum atomic E-state index is -3.01. The highest BCUT2D eigenvalue weighted by molar-refractivity contribution is 7.91. The van der Waals surface area contributed by atoms with Crippen LogP contribution in [0.1, 0.15) is 24.8 Å². The maximum Gasteiger partial charge on any atom is 0.227 e. The molecule has 7 heteroatoms. The number of hydrogen-bond donors (Lipinski definition) is 1. The molecule has 0 saturated carbocycles. The monoisotopic (exact) mass is 335 g/mol. The molecule has 1 aliphatic heterocycles. The summed E-state index contributed by atoms with van der Waals surface area (Å²) in [5.41, 5.74) is 0.564. The first kappa shape index (κ1) is 15.6. The average Bonchev–Trinajstić information content (AvgIpc) is 2.68. The van der Waals surface area contributed by atoms with Crippen LogP contribution in [-0.4, -0.2) is 31.9 Å². The van der Waals surface area contributed by atoms with E-state index in [-0.39, 0.29) is 23.5 Å². The molecule has 2 rings (SSSR count). The fourth-order valence-corrected chi connectivity index (χ4v) is 4.69. The Balaban J connectivity index is 2.10. The third kappa shape index (κ3) is 3.45. The van der Waals surface area contributed by atoms with Crippen LogP contribution in [0.4, 0.5) is 0 Å². The molecule has 1 amide bonds. The zero-order chi connectivity index (χ0) is 14.9. The largest absolute Gasteiger partial charge is 0.352 e. The van der Waals surface area contributed by atoms with Gasteiger partial charge in [-0.2, -0.15) is 0 Å². The Kier molecular flexibility index (Phi) is 4.62. The molecular weight excluding hydrogens is 321 g/mol. The lowest BCUT2D eigenvalue weighted by molar-refractivity contribution is -0.122. The first-order chi connectivity index (χ1) is 9.30. The molecule has 1 fully saturated rings. The molecule has 0 aromatic heterocycles. The first-order valence-electron chi connectivity index (χ1n) is 6.25. The van der Waals surface area contributed by atoms with Crippen molar-refractivity contribution in [1.29, 1.82) is 0 Å². The van der Waals surface area contributed by atoms with Gasteiger partial charge in [0, 0.05) is 21.7 Å². The van der Waals surface area contributed by atoms with E-state index in [1.807, 2.05) is 0 Å². The molecule has 1 N–H and O–H groups in total. The standard InChI is InChI=1S/C13H15Cl2NO3S/c1-8(12-10(14)3-2-4-11(12)15)13(17)16-9-5-6-20(18,19)7-9/h2-4,8-9H,5-7H2,1H3,(H,16,17). The molecule has 1 aromatic rings. The smallest absolute Gasteiger partial charge is 0.227 e. The summed E-state index contributed by atoms with van der Waals surface area (Å²) >= 11 is 12.1. The SMILES string of the molecule is CC(C(=O)NC1CCS(=O)(=O)C1)c1c(Cl)cccc1Cl. The van der Waals surface area contributed by atoms with Gasteiger partial charge in [-0.05, 0) is 25.5 Å². The van der Waals surface area contributed by atoms with Crippen molar-refractivity contribution in [2.75, 3.05) is 11.5 Å². The van der Waals surface area contributed by atoms with Gasteiger partial charge in [-0.25, -0.2) is 8.42 Å². The fourth-order valence-electron chi connectivity index (χ4n) is 2.29. The molecule has 1 heterocycles. The zero-order valence-corrected chi connectivity index (χ0v) is 13.2. The summed E-state index contributed by atoms with van der Waals surface area (Å²) in [6.45, 7) is 1.70. The summed E-state index contributed by atoms with van der Waals surface area (Å²) in [6, 6.07) is 4.73. The number of sulfone groups is 1. The van der Waals surface area contributed by atoms with Crippen molar-refractivity contribution in [1.82, 2.24) is 5.32 Å². The van der Waals surface area contributed by atoms with Crippen LogP contribution in [0.5, 0.6) is 0 Å². The number of hydrogen-bond acceptors (Lipinski definition) is 3. The van der Waals surface area contributed by atoms with Gasteiger partial charge in [-0.3, -0.25) is 4.79 Å². The summed E-state index contributed by atoms with van der Waals surface area (Å²) < 4.78 is 22.8. The van der Waals surface area contributed by atoms with Crippen LogP contribution in [0, 0.1) is 0 Å². The molecule has 0 radical (unpaired) electrons. The van der Waals surface area contributed by atoms with E-state index >= 15 is 0 Å². The average molecular weight is 336 g/mol. The Bertz CT molecular complexity index is 610. The Morgan fingerprint density at radius 3 is 2.45 bits per heavy atom. The molecule has 20 heavy (non-hydrogen) atoms. The van der Waals surface area contributed by atoms with E-state index in [2.05, 4.69) is 5.32 Å². The summed E-state index contributed by atoms with van der Waals surface area (Å²) in [5, 5.41) is 3.61. The fraction of sp³-hybridized carbons (Fsp3) is 0.462. The van der Waals surface area contributed by atoms with E-state index in [1.165, 1.54) is 0 Å². The minimum absolute atomic E-state index is 0.00170. The Labute approximate surface area is 128 Å². The van der Waals surface area contributed by atoms with Gasteiger partial charge in [0.2, 0.25) is 5.91 Å². The molecular formula is C13H15Cl2NO3S. The van der Waals surface area contributed by atoms with Crippen molar-refractivity contribution < 1.29 is 13.2 Å². The molecule has 2 unspecified atom stereocenters. The third-order valence-electron chi connectivity index (χ3n) is 3.40. The maximum absolute atomic E-state index is 12.2. The summed E-state index contributed by atoms with van der Waals surface area (Å²) in [4.78, 5) is 12.2. The van der Waals surface area contributed by atoms with Gasteiger partial charge in [0.25, 0.3) is 0 Å². The van der Waals surface area contributed by atoms with Crippen LogP contribution in [0.25, 0.3) is 0 Å². The van der Waals surface area contributed by atoms with Crippen molar-refractivity contribution in [3.05, 3.63) is 33.8 Å². The van der Waals surface area contributed by atoms with E-state index in [0.29, 0.717) is 22.0 Å². The van der Waals surface area contributed by atoms with Crippen LogP contribution in [-0.2, 0) is 14.6 Å². The highest BCUT2D eigenvalue weighted by Crippen LogP contribution is 2.31. The van der Waals surface area contributed by atoms with Crippen molar-refractivity contribution >= 4 is 38.9 Å². The molecule has 4 nitrogen and oxygen atoms in total. The Hall–Kier alpha value is -0.780. The summed E-state index contributed by atoms with van der Waals surface area (Å²) in [7, 11) is -3.01. The Morgan fingerprint density at radius 1 is 1.35 bits per heavy atom. The molecule has 0 bridgehead atoms. The van der Waals surface area contributed by atoms with Crippen LogP contribution in [0.3, 0.4) is 0 Å². The van der Waals surface area contributed by atoms with Crippen molar-refractivity contribution in [2.45, 2.75) is 25.3 Å². The van der Waals surface area contributed by atoms with Gasteiger partial charge >= 0.3 is 0 Å². The number of halogens is 2. The molecule has 110 valence electrons. The zero-order valence-electron chi connectivity index (χ0n) is 10.9. The molecule has 1 aromatic carbocycles. The van der Waals surface area contributed by atoms with E-state index in [0.717, 1.165) is 0 Å². The molecule has 1 aliphatic rings. The van der Waals surface area contributed by atoms with Crippen LogP contribution < -0.4 is 5.32 Å². The highest BCUT2D eigenvalue weighted by Gasteiger charge is 2.31. The van der Waals surface area contributed by atoms with Gasteiger partial charge in [0.15, 0.2) is 9.84 Å². The number of nitrogens with one attached hydrogen (secondary N) is 1. The summed E-state index contributed by atoms with van der Waals surface area (Å²) in [6.07, 6.45) is 0.455. The number of rotatable bonds is 3. The normalized spacial score (nSPS) is 22.4. The number of carbonyl (C=O) groups is 1. The van der Waals surface area contributed by atoms with Crippen molar-refractivity contribution in [3.63, 3.8) is 0 Å². The predicted octanol–water partition coefficient (Wildman–Crippen LogP) is 2.40. The molecule has 0 spiro atoms. The Morgan fingerprint density at radius 2 is 1.95 bits per heavy atom. The molecule has 1 saturated heterocycles. The highest BCUT2D eigenvalue weighted by atomic mass is 35.5. The number of benzene rings is 1. The van der Waals surface area contributed by atoms with E-state index in [9.17, 15) is 13.2 Å². The van der Waals surface area contributed by atoms with Crippen LogP contribution in [0.2, 0.25) is 10.0 Å². The lowest BCUT2D eigenvalue weighted by Crippen LogP contribution is -2.38. The van der Waals surface area contributed by atoms with E-state index in [1.54, 1.807) is 25.1 Å². The van der Waals surface area contributed by atoms with E-state index in [4.69, 9.17) is 23.2 Å². The van der Waals surface area contributed by atoms with Gasteiger partial charge in [0.1, 0.15) is 0 Å². The van der Waals surface area contributed by atoms with Gasteiger partial charge in [-0.15, -0.1) is 0 Å². The van der Waals surface area contributed by atoms with Crippen LogP contribution in [0.15, 0.2) is 18.2 Å². The number of carbonyl (C=O) groups excluding carboxylic acids is 1. The topological polar surface area (TPSA) is 63.2 Å². The number of amides is 1. The first-order valence-corrected chi connectivity index (χ1v) is 8.82.